The van der Waals surface area contributed by atoms with E-state index in [1.165, 1.54) is 11.1 Å². The Hall–Kier alpha value is -0.890. The molecule has 1 aliphatic rings. The maximum Gasteiger partial charge on any atom is 0.0299 e. The van der Waals surface area contributed by atoms with E-state index >= 15 is 0 Å². The molecule has 2 heteroatoms. The lowest BCUT2D eigenvalue weighted by atomic mass is 10.0. The molecular formula is C12H18N2. The van der Waals surface area contributed by atoms with E-state index < -0.39 is 0 Å². The van der Waals surface area contributed by atoms with E-state index in [-0.39, 0.29) is 0 Å². The van der Waals surface area contributed by atoms with Gasteiger partial charge in [-0.3, -0.25) is 4.98 Å². The molecule has 2 unspecified atom stereocenters. The van der Waals surface area contributed by atoms with Gasteiger partial charge in [-0.1, -0.05) is 13.8 Å². The molecular weight excluding hydrogens is 172 g/mol. The van der Waals surface area contributed by atoms with Gasteiger partial charge in [-0.25, -0.2) is 0 Å². The summed E-state index contributed by atoms with van der Waals surface area (Å²) in [6, 6.07) is 2.14. The van der Waals surface area contributed by atoms with Crippen molar-refractivity contribution < 1.29 is 0 Å². The minimum Gasteiger partial charge on any atom is -0.330 e. The predicted molar refractivity (Wildman–Crippen MR) is 58.0 cm³/mol. The molecule has 76 valence electrons. The first-order valence-corrected chi connectivity index (χ1v) is 5.19. The third kappa shape index (κ3) is 1.25. The summed E-state index contributed by atoms with van der Waals surface area (Å²) in [4.78, 5) is 4.12. The minimum absolute atomic E-state index is 0.376. The van der Waals surface area contributed by atoms with Gasteiger partial charge in [-0.2, -0.15) is 0 Å². The number of rotatable bonds is 2. The summed E-state index contributed by atoms with van der Waals surface area (Å²) in [6.07, 6.45) is 3.82. The van der Waals surface area contributed by atoms with Crippen LogP contribution >= 0.6 is 0 Å². The second kappa shape index (κ2) is 3.06. The van der Waals surface area contributed by atoms with Crippen LogP contribution < -0.4 is 5.73 Å². The Bertz CT molecular complexity index is 344. The first-order chi connectivity index (χ1) is 6.59. The number of pyridine rings is 1. The molecule has 2 rings (SSSR count). The molecule has 2 atom stereocenters. The Morgan fingerprint density at radius 1 is 1.50 bits per heavy atom. The quantitative estimate of drug-likeness (QED) is 0.775. The Balaban J connectivity index is 2.31. The van der Waals surface area contributed by atoms with Crippen LogP contribution in [0, 0.1) is 18.3 Å². The highest BCUT2D eigenvalue weighted by Gasteiger charge is 2.57. The SMILES string of the molecule is Cc1cnccc1C1C(CN)C1(C)C. The summed E-state index contributed by atoms with van der Waals surface area (Å²) in [7, 11) is 0. The molecule has 1 saturated carbocycles. The van der Waals surface area contributed by atoms with Crippen molar-refractivity contribution in [2.75, 3.05) is 6.54 Å². The Labute approximate surface area is 85.5 Å². The molecule has 0 radical (unpaired) electrons. The van der Waals surface area contributed by atoms with Crippen LogP contribution in [0.1, 0.15) is 30.9 Å². The van der Waals surface area contributed by atoms with Gasteiger partial charge in [0.05, 0.1) is 0 Å². The van der Waals surface area contributed by atoms with E-state index in [0.29, 0.717) is 17.3 Å². The van der Waals surface area contributed by atoms with Crippen LogP contribution in [0.5, 0.6) is 0 Å². The molecule has 1 aliphatic carbocycles. The van der Waals surface area contributed by atoms with E-state index in [2.05, 4.69) is 31.8 Å². The van der Waals surface area contributed by atoms with Crippen molar-refractivity contribution in [1.82, 2.24) is 4.98 Å². The molecule has 0 spiro atoms. The standard InChI is InChI=1S/C12H18N2/c1-8-7-14-5-4-9(8)11-10(6-13)12(11,2)3/h4-5,7,10-11H,6,13H2,1-3H3. The molecule has 14 heavy (non-hydrogen) atoms. The average Bonchev–Trinajstić information content (AvgIpc) is 2.69. The summed E-state index contributed by atoms with van der Waals surface area (Å²) in [6.45, 7) is 7.52. The van der Waals surface area contributed by atoms with Crippen molar-refractivity contribution in [3.8, 4) is 0 Å². The lowest BCUT2D eigenvalue weighted by Gasteiger charge is -2.05. The highest BCUT2D eigenvalue weighted by Crippen LogP contribution is 2.64. The van der Waals surface area contributed by atoms with Crippen molar-refractivity contribution in [3.05, 3.63) is 29.6 Å². The fourth-order valence-electron chi connectivity index (χ4n) is 2.63. The van der Waals surface area contributed by atoms with Crippen molar-refractivity contribution in [3.63, 3.8) is 0 Å². The largest absolute Gasteiger partial charge is 0.330 e. The van der Waals surface area contributed by atoms with Gasteiger partial charge in [0.15, 0.2) is 0 Å². The molecule has 2 nitrogen and oxygen atoms in total. The number of hydrogen-bond acceptors (Lipinski definition) is 2. The zero-order valence-electron chi connectivity index (χ0n) is 9.12. The number of aromatic nitrogens is 1. The molecule has 2 N–H and O–H groups in total. The molecule has 1 heterocycles. The van der Waals surface area contributed by atoms with Crippen LogP contribution in [0.25, 0.3) is 0 Å². The molecule has 0 saturated heterocycles. The maximum absolute atomic E-state index is 5.77. The molecule has 0 aromatic carbocycles. The van der Waals surface area contributed by atoms with Gasteiger partial charge < -0.3 is 5.73 Å². The zero-order valence-corrected chi connectivity index (χ0v) is 9.12. The molecule has 1 aromatic heterocycles. The normalized spacial score (nSPS) is 28.9. The number of hydrogen-bond donors (Lipinski definition) is 1. The minimum atomic E-state index is 0.376. The van der Waals surface area contributed by atoms with Crippen molar-refractivity contribution in [1.29, 1.82) is 0 Å². The summed E-state index contributed by atoms with van der Waals surface area (Å²) in [5, 5.41) is 0. The monoisotopic (exact) mass is 190 g/mol. The summed E-state index contributed by atoms with van der Waals surface area (Å²) < 4.78 is 0. The van der Waals surface area contributed by atoms with Crippen LogP contribution in [0.2, 0.25) is 0 Å². The number of nitrogens with zero attached hydrogens (tertiary/aromatic N) is 1. The van der Waals surface area contributed by atoms with Crippen LogP contribution in [0.15, 0.2) is 18.5 Å². The third-order valence-corrected chi connectivity index (χ3v) is 3.70. The molecule has 0 amide bonds. The van der Waals surface area contributed by atoms with Crippen molar-refractivity contribution >= 4 is 0 Å². The van der Waals surface area contributed by atoms with Gasteiger partial charge in [0, 0.05) is 12.4 Å². The zero-order chi connectivity index (χ0) is 10.3. The van der Waals surface area contributed by atoms with Crippen molar-refractivity contribution in [2.24, 2.45) is 17.1 Å². The highest BCUT2D eigenvalue weighted by molar-refractivity contribution is 5.35. The molecule has 1 fully saturated rings. The van der Waals surface area contributed by atoms with Gasteiger partial charge in [0.1, 0.15) is 0 Å². The third-order valence-electron chi connectivity index (χ3n) is 3.70. The molecule has 0 bridgehead atoms. The van der Waals surface area contributed by atoms with Gasteiger partial charge in [-0.05, 0) is 47.9 Å². The van der Waals surface area contributed by atoms with Crippen molar-refractivity contribution in [2.45, 2.75) is 26.7 Å². The Morgan fingerprint density at radius 2 is 2.21 bits per heavy atom. The smallest absolute Gasteiger partial charge is 0.0299 e. The topological polar surface area (TPSA) is 38.9 Å². The van der Waals surface area contributed by atoms with Gasteiger partial charge >= 0.3 is 0 Å². The fourth-order valence-corrected chi connectivity index (χ4v) is 2.63. The van der Waals surface area contributed by atoms with Crippen LogP contribution in [0.3, 0.4) is 0 Å². The summed E-state index contributed by atoms with van der Waals surface area (Å²) in [5.41, 5.74) is 8.87. The summed E-state index contributed by atoms with van der Waals surface area (Å²) in [5.74, 6) is 1.28. The second-order valence-corrected chi connectivity index (χ2v) is 4.87. The Morgan fingerprint density at radius 3 is 2.71 bits per heavy atom. The molecule has 1 aromatic rings. The molecule has 0 aliphatic heterocycles. The van der Waals surface area contributed by atoms with Gasteiger partial charge in [0.2, 0.25) is 0 Å². The van der Waals surface area contributed by atoms with Gasteiger partial charge in [0.25, 0.3) is 0 Å². The maximum atomic E-state index is 5.77. The van der Waals surface area contributed by atoms with E-state index in [4.69, 9.17) is 5.73 Å². The predicted octanol–water partition coefficient (Wildman–Crippen LogP) is 2.09. The fraction of sp³-hybridized carbons (Fsp3) is 0.583. The van der Waals surface area contributed by atoms with Gasteiger partial charge in [-0.15, -0.1) is 0 Å². The van der Waals surface area contributed by atoms with E-state index in [0.717, 1.165) is 6.54 Å². The number of aryl methyl sites for hydroxylation is 1. The number of nitrogens with two attached hydrogens (primary N) is 1. The lowest BCUT2D eigenvalue weighted by Crippen LogP contribution is -2.05. The van der Waals surface area contributed by atoms with Crippen LogP contribution in [-0.2, 0) is 0 Å². The summed E-state index contributed by atoms with van der Waals surface area (Å²) >= 11 is 0. The average molecular weight is 190 g/mol. The van der Waals surface area contributed by atoms with Crippen LogP contribution in [0.4, 0.5) is 0 Å². The van der Waals surface area contributed by atoms with E-state index in [9.17, 15) is 0 Å². The lowest BCUT2D eigenvalue weighted by molar-refractivity contribution is 0.558. The second-order valence-electron chi connectivity index (χ2n) is 4.87. The van der Waals surface area contributed by atoms with Crippen LogP contribution in [-0.4, -0.2) is 11.5 Å². The Kier molecular flexibility index (Phi) is 2.11. The first-order valence-electron chi connectivity index (χ1n) is 5.19. The highest BCUT2D eigenvalue weighted by atomic mass is 14.7. The first kappa shape index (κ1) is 9.66. The van der Waals surface area contributed by atoms with E-state index in [1.807, 2.05) is 12.4 Å². The van der Waals surface area contributed by atoms with E-state index in [1.54, 1.807) is 0 Å².